The number of nitrogens with one attached hydrogen (secondary N) is 1. The van der Waals surface area contributed by atoms with E-state index in [2.05, 4.69) is 66.9 Å². The van der Waals surface area contributed by atoms with Crippen LogP contribution in [0.1, 0.15) is 32.0 Å². The van der Waals surface area contributed by atoms with Crippen molar-refractivity contribution in [1.29, 1.82) is 0 Å². The summed E-state index contributed by atoms with van der Waals surface area (Å²) in [6.07, 6.45) is 4.09. The van der Waals surface area contributed by atoms with E-state index in [0.29, 0.717) is 0 Å². The molecule has 4 nitrogen and oxygen atoms in total. The monoisotopic (exact) mass is 290 g/mol. The first kappa shape index (κ1) is 15.1. The van der Waals surface area contributed by atoms with Crippen LogP contribution in [-0.2, 0) is 13.1 Å². The van der Waals surface area contributed by atoms with Crippen LogP contribution in [0.5, 0.6) is 0 Å². The molecule has 2 aromatic rings. The summed E-state index contributed by atoms with van der Waals surface area (Å²) in [5.41, 5.74) is 2.31. The molecule has 0 atom stereocenters. The highest BCUT2D eigenvalue weighted by Crippen LogP contribution is 2.15. The van der Waals surface area contributed by atoms with E-state index in [1.165, 1.54) is 10.5 Å². The maximum Gasteiger partial charge on any atom is 0.0965 e. The summed E-state index contributed by atoms with van der Waals surface area (Å²) in [5.74, 6) is 0. The third-order valence-corrected chi connectivity index (χ3v) is 3.63. The topological polar surface area (TPSA) is 42.7 Å². The molecule has 0 spiro atoms. The quantitative estimate of drug-likeness (QED) is 0.860. The zero-order valence-corrected chi connectivity index (χ0v) is 13.4. The van der Waals surface area contributed by atoms with E-state index in [9.17, 15) is 0 Å². The minimum atomic E-state index is 0.0947. The molecule has 0 aliphatic carbocycles. The van der Waals surface area contributed by atoms with Gasteiger partial charge in [-0.05, 0) is 44.7 Å². The number of hydrogen-bond donors (Lipinski definition) is 1. The minimum absolute atomic E-state index is 0.0947. The average molecular weight is 290 g/mol. The van der Waals surface area contributed by atoms with E-state index in [0.717, 1.165) is 18.8 Å². The maximum atomic E-state index is 4.20. The van der Waals surface area contributed by atoms with Crippen LogP contribution < -0.4 is 5.32 Å². The number of nitrogens with zero attached hydrogens (tertiary/aromatic N) is 3. The van der Waals surface area contributed by atoms with Crippen molar-refractivity contribution in [2.75, 3.05) is 6.26 Å². The van der Waals surface area contributed by atoms with Crippen molar-refractivity contribution in [2.45, 2.75) is 44.3 Å². The molecular weight excluding hydrogens is 268 g/mol. The van der Waals surface area contributed by atoms with Gasteiger partial charge in [0.25, 0.3) is 0 Å². The number of thioether (sulfide) groups is 1. The third kappa shape index (κ3) is 4.65. The first-order valence-electron chi connectivity index (χ1n) is 6.73. The highest BCUT2D eigenvalue weighted by Gasteiger charge is 2.10. The zero-order chi connectivity index (χ0) is 14.6. The van der Waals surface area contributed by atoms with Gasteiger partial charge in [-0.2, -0.15) is 0 Å². The Bertz CT molecular complexity index is 540. The summed E-state index contributed by atoms with van der Waals surface area (Å²) in [5, 5.41) is 11.8. The van der Waals surface area contributed by atoms with Crippen molar-refractivity contribution < 1.29 is 0 Å². The van der Waals surface area contributed by atoms with Gasteiger partial charge in [-0.15, -0.1) is 16.9 Å². The normalized spacial score (nSPS) is 11.8. The Hall–Kier alpha value is -1.33. The molecule has 108 valence electrons. The largest absolute Gasteiger partial charge is 0.306 e. The Morgan fingerprint density at radius 3 is 2.50 bits per heavy atom. The van der Waals surface area contributed by atoms with Crippen LogP contribution in [0.15, 0.2) is 35.4 Å². The molecule has 0 unspecified atom stereocenters. The lowest BCUT2D eigenvalue weighted by atomic mass is 10.1. The molecule has 1 heterocycles. The van der Waals surface area contributed by atoms with Crippen LogP contribution >= 0.6 is 11.8 Å². The number of rotatable bonds is 5. The molecular formula is C15H22N4S. The molecule has 0 bridgehead atoms. The fourth-order valence-electron chi connectivity index (χ4n) is 1.77. The maximum absolute atomic E-state index is 4.20. The molecule has 5 heteroatoms. The number of aromatic nitrogens is 3. The first-order valence-corrected chi connectivity index (χ1v) is 7.96. The number of benzene rings is 1. The van der Waals surface area contributed by atoms with E-state index in [4.69, 9.17) is 0 Å². The molecule has 1 N–H and O–H groups in total. The molecule has 0 radical (unpaired) electrons. The molecule has 0 aliphatic heterocycles. The van der Waals surface area contributed by atoms with Crippen LogP contribution in [0.25, 0.3) is 0 Å². The fourth-order valence-corrected chi connectivity index (χ4v) is 2.18. The van der Waals surface area contributed by atoms with Gasteiger partial charge >= 0.3 is 0 Å². The number of hydrogen-bond acceptors (Lipinski definition) is 4. The van der Waals surface area contributed by atoms with Gasteiger partial charge in [0.15, 0.2) is 0 Å². The van der Waals surface area contributed by atoms with Gasteiger partial charge in [-0.3, -0.25) is 0 Å². The lowest BCUT2D eigenvalue weighted by Crippen LogP contribution is -2.35. The molecule has 1 aromatic heterocycles. The summed E-state index contributed by atoms with van der Waals surface area (Å²) < 4.78 is 1.88. The molecule has 1 aromatic carbocycles. The molecule has 0 fully saturated rings. The standard InChI is InChI=1S/C15H22N4S/c1-15(2,3)16-9-13-11-19(18-17-13)10-12-5-7-14(20-4)8-6-12/h5-8,11,16H,9-10H2,1-4H3. The highest BCUT2D eigenvalue weighted by atomic mass is 32.2. The second-order valence-electron chi connectivity index (χ2n) is 5.86. The van der Waals surface area contributed by atoms with Gasteiger partial charge < -0.3 is 5.32 Å². The molecule has 0 amide bonds. The average Bonchev–Trinajstić information content (AvgIpc) is 2.84. The summed E-state index contributed by atoms with van der Waals surface area (Å²) in [6.45, 7) is 7.94. The van der Waals surface area contributed by atoms with Crippen LogP contribution in [0, 0.1) is 0 Å². The van der Waals surface area contributed by atoms with Gasteiger partial charge in [-0.25, -0.2) is 4.68 Å². The Balaban J connectivity index is 1.94. The van der Waals surface area contributed by atoms with Crippen molar-refractivity contribution in [3.05, 3.63) is 41.7 Å². The summed E-state index contributed by atoms with van der Waals surface area (Å²) in [6, 6.07) is 8.55. The second-order valence-corrected chi connectivity index (χ2v) is 6.74. The Morgan fingerprint density at radius 1 is 1.20 bits per heavy atom. The van der Waals surface area contributed by atoms with E-state index < -0.39 is 0 Å². The summed E-state index contributed by atoms with van der Waals surface area (Å²) in [7, 11) is 0. The van der Waals surface area contributed by atoms with Crippen LogP contribution in [0.2, 0.25) is 0 Å². The lowest BCUT2D eigenvalue weighted by molar-refractivity contribution is 0.421. The van der Waals surface area contributed by atoms with E-state index in [1.807, 2.05) is 10.9 Å². The first-order chi connectivity index (χ1) is 9.46. The zero-order valence-electron chi connectivity index (χ0n) is 12.6. The van der Waals surface area contributed by atoms with Crippen LogP contribution in [0.3, 0.4) is 0 Å². The fraction of sp³-hybridized carbons (Fsp3) is 0.467. The summed E-state index contributed by atoms with van der Waals surface area (Å²) >= 11 is 1.75. The van der Waals surface area contributed by atoms with Crippen molar-refractivity contribution in [3.8, 4) is 0 Å². The Labute approximate surface area is 125 Å². The van der Waals surface area contributed by atoms with Gasteiger partial charge in [0, 0.05) is 17.0 Å². The van der Waals surface area contributed by atoms with Gasteiger partial charge in [0.2, 0.25) is 0 Å². The van der Waals surface area contributed by atoms with E-state index in [-0.39, 0.29) is 5.54 Å². The smallest absolute Gasteiger partial charge is 0.0965 e. The lowest BCUT2D eigenvalue weighted by Gasteiger charge is -2.19. The van der Waals surface area contributed by atoms with Gasteiger partial charge in [-0.1, -0.05) is 17.3 Å². The molecule has 2 rings (SSSR count). The predicted molar refractivity (Wildman–Crippen MR) is 83.9 cm³/mol. The molecule has 0 saturated heterocycles. The Kier molecular flexibility index (Phi) is 4.83. The van der Waals surface area contributed by atoms with Gasteiger partial charge in [0.1, 0.15) is 0 Å². The third-order valence-electron chi connectivity index (χ3n) is 2.89. The molecule has 20 heavy (non-hydrogen) atoms. The van der Waals surface area contributed by atoms with E-state index >= 15 is 0 Å². The predicted octanol–water partition coefficient (Wildman–Crippen LogP) is 2.94. The highest BCUT2D eigenvalue weighted by molar-refractivity contribution is 7.98. The van der Waals surface area contributed by atoms with Crippen LogP contribution in [0.4, 0.5) is 0 Å². The molecule has 0 saturated carbocycles. The van der Waals surface area contributed by atoms with Gasteiger partial charge in [0.05, 0.1) is 18.4 Å². The van der Waals surface area contributed by atoms with Crippen molar-refractivity contribution in [1.82, 2.24) is 20.3 Å². The van der Waals surface area contributed by atoms with Crippen LogP contribution in [-0.4, -0.2) is 26.8 Å². The van der Waals surface area contributed by atoms with Crippen molar-refractivity contribution in [2.24, 2.45) is 0 Å². The minimum Gasteiger partial charge on any atom is -0.306 e. The van der Waals surface area contributed by atoms with Crippen molar-refractivity contribution >= 4 is 11.8 Å². The summed E-state index contributed by atoms with van der Waals surface area (Å²) in [4.78, 5) is 1.28. The van der Waals surface area contributed by atoms with E-state index in [1.54, 1.807) is 11.8 Å². The second kappa shape index (κ2) is 6.41. The SMILES string of the molecule is CSc1ccc(Cn2cc(CNC(C)(C)C)nn2)cc1. The van der Waals surface area contributed by atoms with Crippen molar-refractivity contribution in [3.63, 3.8) is 0 Å². The molecule has 0 aliphatic rings. The Morgan fingerprint density at radius 2 is 1.90 bits per heavy atom.